The lowest BCUT2D eigenvalue weighted by Crippen LogP contribution is -2.07. The molecular formula is C17H26N4O4. The van der Waals surface area contributed by atoms with E-state index < -0.39 is 38.8 Å². The first-order chi connectivity index (χ1) is 15.7. The number of hydrogen-bond donors (Lipinski definition) is 1. The van der Waals surface area contributed by atoms with Gasteiger partial charge in [-0.3, -0.25) is 9.78 Å². The molecule has 2 aromatic heterocycles. The smallest absolute Gasteiger partial charge is 0.358 e. The zero-order chi connectivity index (χ0) is 27.4. The Hall–Kier alpha value is -2.64. The van der Waals surface area contributed by atoms with Gasteiger partial charge in [-0.1, -0.05) is 26.7 Å². The molecule has 0 aliphatic carbocycles. The molecule has 25 heavy (non-hydrogen) atoms. The Kier molecular flexibility index (Phi) is 4.00. The van der Waals surface area contributed by atoms with Gasteiger partial charge in [0.15, 0.2) is 5.69 Å². The Morgan fingerprint density at radius 2 is 1.88 bits per heavy atom. The lowest BCUT2D eigenvalue weighted by Gasteiger charge is -1.96. The molecule has 0 unspecified atom stereocenters. The minimum atomic E-state index is -2.83. The van der Waals surface area contributed by atoms with Gasteiger partial charge in [0.1, 0.15) is 5.69 Å². The molecule has 0 aliphatic heterocycles. The molecule has 0 radical (unpaired) electrons. The topological polar surface area (TPSA) is 99.1 Å². The highest BCUT2D eigenvalue weighted by Gasteiger charge is 2.12. The molecule has 2 rings (SSSR count). The van der Waals surface area contributed by atoms with Gasteiger partial charge in [-0.2, -0.15) is 10.2 Å². The predicted molar refractivity (Wildman–Crippen MR) is 92.5 cm³/mol. The van der Waals surface area contributed by atoms with Crippen molar-refractivity contribution in [2.45, 2.75) is 39.4 Å². The number of H-pyrrole nitrogens is 1. The number of aromatic nitrogens is 4. The normalized spacial score (nSPS) is 18.0. The van der Waals surface area contributed by atoms with Gasteiger partial charge in [0.25, 0.3) is 0 Å². The SMILES string of the molecule is [2H]C([2H])([2H])OC(=O)c1cc(C([2H])([2H])CC)[nH]n1.[2H]C([2H])([2H])OC(=O)c1cc(C([2H])([2H])CC)nn1C. The van der Waals surface area contributed by atoms with Crippen LogP contribution in [0.4, 0.5) is 0 Å². The summed E-state index contributed by atoms with van der Waals surface area (Å²) in [4.78, 5) is 22.8. The van der Waals surface area contributed by atoms with Crippen LogP contribution in [0.1, 0.15) is 72.8 Å². The zero-order valence-electron chi connectivity index (χ0n) is 24.0. The molecule has 138 valence electrons. The Labute approximate surface area is 161 Å². The standard InChI is InChI=1S/C9H14N2O2.C8H12N2O2/c1-4-5-7-6-8(9(12)13-3)11(2)10-7;1-3-4-6-5-7(10-9-6)8(11)12-2/h6H,4-5H2,1-3H3;5H,3-4H2,1-2H3,(H,9,10)/i3D3,5D2;2D3,4D2. The number of methoxy groups -OCH3 is 2. The quantitative estimate of drug-likeness (QED) is 0.794. The molecule has 0 fully saturated rings. The van der Waals surface area contributed by atoms with Gasteiger partial charge in [0.2, 0.25) is 0 Å². The third-order valence-corrected chi connectivity index (χ3v) is 2.79. The van der Waals surface area contributed by atoms with Crippen LogP contribution in [0.5, 0.6) is 0 Å². The van der Waals surface area contributed by atoms with Crippen molar-refractivity contribution in [1.29, 1.82) is 0 Å². The second kappa shape index (κ2) is 10.3. The summed E-state index contributed by atoms with van der Waals surface area (Å²) in [6.45, 7) is 3.29. The summed E-state index contributed by atoms with van der Waals surface area (Å²) in [7, 11) is -4.24. The van der Waals surface area contributed by atoms with Crippen molar-refractivity contribution in [1.82, 2.24) is 20.0 Å². The summed E-state index contributed by atoms with van der Waals surface area (Å²) in [5.74, 6) is -2.16. The van der Waals surface area contributed by atoms with E-state index in [4.69, 9.17) is 13.7 Å². The van der Waals surface area contributed by atoms with Gasteiger partial charge in [0, 0.05) is 18.2 Å². The molecule has 8 nitrogen and oxygen atoms in total. The fourth-order valence-corrected chi connectivity index (χ4v) is 1.74. The van der Waals surface area contributed by atoms with Crippen LogP contribution >= 0.6 is 0 Å². The Morgan fingerprint density at radius 3 is 2.52 bits per heavy atom. The number of nitrogens with one attached hydrogen (secondary N) is 1. The number of esters is 2. The number of carbonyl (C=O) groups is 2. The Balaban J connectivity index is 0.000000351. The van der Waals surface area contributed by atoms with E-state index in [0.29, 0.717) is 0 Å². The Morgan fingerprint density at radius 1 is 1.20 bits per heavy atom. The number of hydrogen-bond acceptors (Lipinski definition) is 6. The van der Waals surface area contributed by atoms with Crippen molar-refractivity contribution < 1.29 is 32.8 Å². The molecule has 0 aromatic carbocycles. The maximum atomic E-state index is 11.5. The largest absolute Gasteiger partial charge is 0.464 e. The highest BCUT2D eigenvalue weighted by Crippen LogP contribution is 2.06. The van der Waals surface area contributed by atoms with Crippen molar-refractivity contribution in [2.24, 2.45) is 7.05 Å². The number of aromatic amines is 1. The lowest BCUT2D eigenvalue weighted by molar-refractivity contribution is 0.0582. The van der Waals surface area contributed by atoms with Crippen molar-refractivity contribution in [3.8, 4) is 0 Å². The van der Waals surface area contributed by atoms with Crippen molar-refractivity contribution >= 4 is 11.9 Å². The first-order valence-corrected chi connectivity index (χ1v) is 7.29. The van der Waals surface area contributed by atoms with Crippen LogP contribution < -0.4 is 0 Å². The van der Waals surface area contributed by atoms with Crippen LogP contribution in [-0.2, 0) is 29.3 Å². The molecule has 0 saturated carbocycles. The number of aryl methyl sites for hydroxylation is 3. The van der Waals surface area contributed by atoms with E-state index in [0.717, 1.165) is 10.7 Å². The first kappa shape index (κ1) is 9.74. The summed E-state index contributed by atoms with van der Waals surface area (Å²) < 4.78 is 80.8. The summed E-state index contributed by atoms with van der Waals surface area (Å²) in [6, 6.07) is 2.36. The van der Waals surface area contributed by atoms with E-state index in [1.54, 1.807) is 13.8 Å². The van der Waals surface area contributed by atoms with Crippen molar-refractivity contribution in [2.75, 3.05) is 14.1 Å². The maximum absolute atomic E-state index is 11.5. The summed E-state index contributed by atoms with van der Waals surface area (Å²) in [5, 5.41) is 9.74. The number of rotatable bonds is 6. The number of ether oxygens (including phenoxy) is 2. The van der Waals surface area contributed by atoms with Crippen LogP contribution in [0.25, 0.3) is 0 Å². The molecule has 8 heteroatoms. The summed E-state index contributed by atoms with van der Waals surface area (Å²) in [6.07, 6.45) is -2.93. The molecule has 0 bridgehead atoms. The van der Waals surface area contributed by atoms with Crippen LogP contribution in [0.2, 0.25) is 0 Å². The second-order valence-corrected chi connectivity index (χ2v) is 4.54. The molecule has 0 saturated heterocycles. The zero-order valence-corrected chi connectivity index (χ0v) is 14.0. The third kappa shape index (κ3) is 6.06. The molecule has 0 spiro atoms. The molecule has 1 N–H and O–H groups in total. The number of nitrogens with zero attached hydrogens (tertiary/aromatic N) is 3. The molecule has 0 amide bonds. The monoisotopic (exact) mass is 360 g/mol. The maximum Gasteiger partial charge on any atom is 0.358 e. The van der Waals surface area contributed by atoms with E-state index >= 15 is 0 Å². The van der Waals surface area contributed by atoms with E-state index in [9.17, 15) is 9.59 Å². The average Bonchev–Trinajstić information content (AvgIpc) is 3.34. The molecule has 0 aliphatic rings. The van der Waals surface area contributed by atoms with E-state index in [1.807, 2.05) is 0 Å². The van der Waals surface area contributed by atoms with Crippen LogP contribution in [-0.4, -0.2) is 46.0 Å². The third-order valence-electron chi connectivity index (χ3n) is 2.79. The van der Waals surface area contributed by atoms with Gasteiger partial charge in [-0.15, -0.1) is 0 Å². The van der Waals surface area contributed by atoms with Gasteiger partial charge in [-0.25, -0.2) is 9.59 Å². The van der Waals surface area contributed by atoms with Gasteiger partial charge >= 0.3 is 11.9 Å². The molecule has 0 atom stereocenters. The number of carbonyl (C=O) groups excluding carboxylic acids is 2. The predicted octanol–water partition coefficient (Wildman–Crippen LogP) is 2.31. The minimum absolute atomic E-state index is 0.0741. The highest BCUT2D eigenvalue weighted by atomic mass is 16.5. The van der Waals surface area contributed by atoms with Crippen LogP contribution in [0.3, 0.4) is 0 Å². The fourth-order valence-electron chi connectivity index (χ4n) is 1.74. The molecule has 2 aromatic rings. The van der Waals surface area contributed by atoms with Crippen molar-refractivity contribution in [3.05, 3.63) is 34.9 Å². The summed E-state index contributed by atoms with van der Waals surface area (Å²) in [5.41, 5.74) is -0.172. The average molecular weight is 360 g/mol. The van der Waals surface area contributed by atoms with Gasteiger partial charge in [-0.05, 0) is 24.9 Å². The molecular weight excluding hydrogens is 324 g/mol. The Bertz CT molecular complexity index is 1030. The first-order valence-electron chi connectivity index (χ1n) is 12.3. The van der Waals surface area contributed by atoms with E-state index in [-0.39, 0.29) is 35.6 Å². The van der Waals surface area contributed by atoms with Crippen LogP contribution in [0.15, 0.2) is 12.1 Å². The fraction of sp³-hybridized carbons (Fsp3) is 0.529. The van der Waals surface area contributed by atoms with Gasteiger partial charge in [0.05, 0.1) is 28.0 Å². The summed E-state index contributed by atoms with van der Waals surface area (Å²) >= 11 is 0. The minimum Gasteiger partial charge on any atom is -0.464 e. The van der Waals surface area contributed by atoms with Crippen LogP contribution in [0, 0.1) is 0 Å². The van der Waals surface area contributed by atoms with E-state index in [1.165, 1.54) is 13.1 Å². The van der Waals surface area contributed by atoms with Gasteiger partial charge < -0.3 is 9.47 Å². The second-order valence-electron chi connectivity index (χ2n) is 4.54. The lowest BCUT2D eigenvalue weighted by atomic mass is 10.2. The van der Waals surface area contributed by atoms with E-state index in [2.05, 4.69) is 24.8 Å². The molecule has 2 heterocycles. The highest BCUT2D eigenvalue weighted by molar-refractivity contribution is 5.87. The van der Waals surface area contributed by atoms with Crippen molar-refractivity contribution in [3.63, 3.8) is 0 Å².